The molecule has 0 fully saturated rings. The van der Waals surface area contributed by atoms with E-state index in [0.717, 1.165) is 34.8 Å². The number of benzene rings is 2. The van der Waals surface area contributed by atoms with Crippen molar-refractivity contribution in [2.75, 3.05) is 0 Å². The van der Waals surface area contributed by atoms with Crippen LogP contribution in [0.15, 0.2) is 36.4 Å². The van der Waals surface area contributed by atoms with Crippen molar-refractivity contribution in [3.05, 3.63) is 36.4 Å². The lowest BCUT2D eigenvalue weighted by atomic mass is 9.78. The molecular weight excluding hydrogens is 340 g/mol. The number of hydrogen-bond donors (Lipinski definition) is 4. The monoisotopic (exact) mass is 367 g/mol. The normalized spacial score (nSPS) is 11.4. The predicted molar refractivity (Wildman–Crippen MR) is 112 cm³/mol. The van der Waals surface area contributed by atoms with Gasteiger partial charge in [-0.15, -0.1) is 0 Å². The Labute approximate surface area is 160 Å². The lowest BCUT2D eigenvalue weighted by Gasteiger charge is -2.08. The summed E-state index contributed by atoms with van der Waals surface area (Å²) >= 11 is 0. The van der Waals surface area contributed by atoms with Crippen LogP contribution in [-0.4, -0.2) is 38.9 Å². The molecule has 3 aromatic rings. The highest BCUT2D eigenvalue weighted by atomic mass is 16.4. The number of nitrogens with zero attached hydrogens (tertiary/aromatic N) is 1. The number of rotatable bonds is 9. The van der Waals surface area contributed by atoms with E-state index in [1.54, 1.807) is 24.3 Å². The van der Waals surface area contributed by atoms with Gasteiger partial charge in [0.15, 0.2) is 0 Å². The predicted octanol–water partition coefficient (Wildman–Crippen LogP) is 1.51. The number of hydrogen-bond acceptors (Lipinski definition) is 4. The Kier molecular flexibility index (Phi) is 6.60. The second-order valence-corrected chi connectivity index (χ2v) is 7.22. The zero-order chi connectivity index (χ0) is 19.4. The average molecular weight is 367 g/mol. The Morgan fingerprint density at radius 1 is 0.704 bits per heavy atom. The molecule has 0 amide bonds. The van der Waals surface area contributed by atoms with Crippen LogP contribution in [0, 0.1) is 0 Å². The fraction of sp³-hybridized carbons (Fsp3) is 0.400. The molecule has 0 aliphatic carbocycles. The highest BCUT2D eigenvalue weighted by Crippen LogP contribution is 2.28. The maximum atomic E-state index is 9.52. The van der Waals surface area contributed by atoms with E-state index in [2.05, 4.69) is 11.5 Å². The minimum atomic E-state index is -1.53. The van der Waals surface area contributed by atoms with Crippen LogP contribution in [0.4, 0.5) is 0 Å². The molecule has 4 N–H and O–H groups in total. The lowest BCUT2D eigenvalue weighted by Crippen LogP contribution is -2.29. The van der Waals surface area contributed by atoms with Crippen molar-refractivity contribution < 1.29 is 20.1 Å². The van der Waals surface area contributed by atoms with E-state index in [1.807, 2.05) is 12.1 Å². The molecule has 0 saturated heterocycles. The lowest BCUT2D eigenvalue weighted by molar-refractivity contribution is 0.424. The topological polar surface area (TPSA) is 85.9 Å². The molecule has 7 heteroatoms. The summed E-state index contributed by atoms with van der Waals surface area (Å²) in [6.07, 6.45) is 7.31. The standard InChI is InChI=1S/C20H27B2NO4/c1-2-3-4-5-6-7-12-23-19-10-8-15(21(24)25)13-17(19)18-14-16(22(26)27)9-11-20(18)23/h8-11,13-14,24-27H,2-7,12H2,1H3. The van der Waals surface area contributed by atoms with Gasteiger partial charge in [-0.05, 0) is 29.5 Å². The largest absolute Gasteiger partial charge is 0.488 e. The quantitative estimate of drug-likeness (QED) is 0.341. The van der Waals surface area contributed by atoms with E-state index in [0.29, 0.717) is 10.9 Å². The Hall–Kier alpha value is -1.79. The SMILES string of the molecule is CCCCCCCCn1c2ccc(B(O)O)cc2c2cc(B(O)O)ccc21. The molecule has 3 rings (SSSR count). The molecule has 1 aromatic heterocycles. The first-order chi connectivity index (χ1) is 13.0. The maximum absolute atomic E-state index is 9.52. The van der Waals surface area contributed by atoms with Crippen LogP contribution in [0.3, 0.4) is 0 Å². The molecule has 27 heavy (non-hydrogen) atoms. The Bertz CT molecular complexity index is 843. The number of aromatic nitrogens is 1. The first-order valence-corrected chi connectivity index (χ1v) is 9.81. The molecule has 2 aromatic carbocycles. The minimum Gasteiger partial charge on any atom is -0.423 e. The van der Waals surface area contributed by atoms with Crippen LogP contribution in [0.25, 0.3) is 21.8 Å². The van der Waals surface area contributed by atoms with Crippen molar-refractivity contribution >= 4 is 47.0 Å². The third-order valence-corrected chi connectivity index (χ3v) is 5.24. The van der Waals surface area contributed by atoms with Crippen molar-refractivity contribution in [3.8, 4) is 0 Å². The molecule has 0 aliphatic rings. The fourth-order valence-corrected chi connectivity index (χ4v) is 3.75. The Morgan fingerprint density at radius 2 is 1.19 bits per heavy atom. The Balaban J connectivity index is 1.97. The van der Waals surface area contributed by atoms with Gasteiger partial charge >= 0.3 is 14.2 Å². The summed E-state index contributed by atoms with van der Waals surface area (Å²) in [7, 11) is -3.06. The third-order valence-electron chi connectivity index (χ3n) is 5.24. The second-order valence-electron chi connectivity index (χ2n) is 7.22. The van der Waals surface area contributed by atoms with Crippen molar-refractivity contribution in [3.63, 3.8) is 0 Å². The zero-order valence-corrected chi connectivity index (χ0v) is 15.8. The number of fused-ring (bicyclic) bond motifs is 3. The summed E-state index contributed by atoms with van der Waals surface area (Å²) in [6.45, 7) is 3.10. The van der Waals surface area contributed by atoms with Crippen LogP contribution in [0.5, 0.6) is 0 Å². The van der Waals surface area contributed by atoms with E-state index < -0.39 is 14.2 Å². The molecular formula is C20H27B2NO4. The summed E-state index contributed by atoms with van der Waals surface area (Å²) in [4.78, 5) is 0. The summed E-state index contributed by atoms with van der Waals surface area (Å²) in [6, 6.07) is 10.8. The van der Waals surface area contributed by atoms with Crippen LogP contribution in [0.1, 0.15) is 45.4 Å². The summed E-state index contributed by atoms with van der Waals surface area (Å²) in [5.41, 5.74) is 2.90. The molecule has 0 unspecified atom stereocenters. The van der Waals surface area contributed by atoms with E-state index in [1.165, 1.54) is 32.1 Å². The van der Waals surface area contributed by atoms with E-state index in [9.17, 15) is 20.1 Å². The molecule has 1 heterocycles. The first kappa shape index (κ1) is 20.0. The third kappa shape index (κ3) is 4.38. The van der Waals surface area contributed by atoms with Gasteiger partial charge in [-0.3, -0.25) is 0 Å². The van der Waals surface area contributed by atoms with E-state index >= 15 is 0 Å². The van der Waals surface area contributed by atoms with Gasteiger partial charge in [0.1, 0.15) is 0 Å². The molecule has 0 radical (unpaired) electrons. The highest BCUT2D eigenvalue weighted by molar-refractivity contribution is 6.59. The van der Waals surface area contributed by atoms with Crippen molar-refractivity contribution in [1.29, 1.82) is 0 Å². The second kappa shape index (κ2) is 8.93. The van der Waals surface area contributed by atoms with E-state index in [-0.39, 0.29) is 0 Å². The van der Waals surface area contributed by atoms with Gasteiger partial charge in [0, 0.05) is 28.4 Å². The minimum absolute atomic E-state index is 0.427. The highest BCUT2D eigenvalue weighted by Gasteiger charge is 2.18. The number of unbranched alkanes of at least 4 members (excludes halogenated alkanes) is 5. The molecule has 142 valence electrons. The van der Waals surface area contributed by atoms with Crippen molar-refractivity contribution in [2.45, 2.75) is 52.0 Å². The first-order valence-electron chi connectivity index (χ1n) is 9.81. The van der Waals surface area contributed by atoms with Crippen molar-refractivity contribution in [2.24, 2.45) is 0 Å². The summed E-state index contributed by atoms with van der Waals surface area (Å²) in [5.74, 6) is 0. The van der Waals surface area contributed by atoms with Gasteiger partial charge in [0.05, 0.1) is 0 Å². The van der Waals surface area contributed by atoms with Crippen LogP contribution < -0.4 is 10.9 Å². The molecule has 0 atom stereocenters. The number of aryl methyl sites for hydroxylation is 1. The van der Waals surface area contributed by atoms with Crippen LogP contribution in [-0.2, 0) is 6.54 Å². The van der Waals surface area contributed by atoms with Gasteiger partial charge in [-0.2, -0.15) is 0 Å². The van der Waals surface area contributed by atoms with Gasteiger partial charge in [-0.25, -0.2) is 0 Å². The molecule has 5 nitrogen and oxygen atoms in total. The van der Waals surface area contributed by atoms with Gasteiger partial charge in [0.25, 0.3) is 0 Å². The molecule has 0 bridgehead atoms. The average Bonchev–Trinajstić information content (AvgIpc) is 2.97. The van der Waals surface area contributed by atoms with E-state index in [4.69, 9.17) is 0 Å². The van der Waals surface area contributed by atoms with Crippen LogP contribution >= 0.6 is 0 Å². The van der Waals surface area contributed by atoms with Crippen LogP contribution in [0.2, 0.25) is 0 Å². The van der Waals surface area contributed by atoms with Gasteiger partial charge in [0.2, 0.25) is 0 Å². The van der Waals surface area contributed by atoms with Crippen molar-refractivity contribution in [1.82, 2.24) is 4.57 Å². The van der Waals surface area contributed by atoms with Gasteiger partial charge < -0.3 is 24.7 Å². The summed E-state index contributed by atoms with van der Waals surface area (Å²) in [5, 5.41) is 39.9. The maximum Gasteiger partial charge on any atom is 0.488 e. The molecule has 0 spiro atoms. The summed E-state index contributed by atoms with van der Waals surface area (Å²) < 4.78 is 2.24. The van der Waals surface area contributed by atoms with Gasteiger partial charge in [-0.1, -0.05) is 63.3 Å². The zero-order valence-electron chi connectivity index (χ0n) is 15.8. The molecule has 0 saturated carbocycles. The smallest absolute Gasteiger partial charge is 0.423 e. The fourth-order valence-electron chi connectivity index (χ4n) is 3.75. The Morgan fingerprint density at radius 3 is 1.67 bits per heavy atom. The molecule has 0 aliphatic heterocycles.